The Morgan fingerprint density at radius 3 is 2.28 bits per heavy atom. The molecule has 0 fully saturated rings. The van der Waals surface area contributed by atoms with Crippen molar-refractivity contribution in [2.45, 2.75) is 33.2 Å². The molecule has 1 atom stereocenters. The number of phenolic OH excluding ortho intramolecular Hbond substituents is 1. The van der Waals surface area contributed by atoms with Crippen LogP contribution in [0.2, 0.25) is 5.02 Å². The molecule has 9 heteroatoms. The fourth-order valence-corrected chi connectivity index (χ4v) is 3.64. The van der Waals surface area contributed by atoms with Crippen LogP contribution in [0.5, 0.6) is 17.2 Å². The van der Waals surface area contributed by atoms with Crippen molar-refractivity contribution in [3.05, 3.63) is 87.9 Å². The maximum absolute atomic E-state index is 12.7. The van der Waals surface area contributed by atoms with E-state index in [9.17, 15) is 19.5 Å². The predicted molar refractivity (Wildman–Crippen MR) is 148 cm³/mol. The molecular weight excluding hydrogens is 522 g/mol. The summed E-state index contributed by atoms with van der Waals surface area (Å²) in [6.45, 7) is 5.23. The van der Waals surface area contributed by atoms with E-state index in [4.69, 9.17) is 25.8 Å². The lowest BCUT2D eigenvalue weighted by atomic mass is 10.0. The Kier molecular flexibility index (Phi) is 10.4. The average molecular weight is 552 g/mol. The number of nitrogens with zero attached hydrogens (tertiary/aromatic N) is 1. The number of carbonyl (C=O) groups excluding carboxylic acids is 3. The number of aryl methyl sites for hydroxylation is 1. The first-order chi connectivity index (χ1) is 18.6. The van der Waals surface area contributed by atoms with Gasteiger partial charge >= 0.3 is 11.9 Å². The van der Waals surface area contributed by atoms with Crippen molar-refractivity contribution in [2.75, 3.05) is 13.7 Å². The molecule has 0 heterocycles. The lowest BCUT2D eigenvalue weighted by Gasteiger charge is -2.13. The van der Waals surface area contributed by atoms with Gasteiger partial charge in [-0.1, -0.05) is 55.3 Å². The third kappa shape index (κ3) is 8.49. The molecule has 1 unspecified atom stereocenters. The molecule has 3 aromatic rings. The molecule has 0 saturated heterocycles. The monoisotopic (exact) mass is 551 g/mol. The number of halogens is 1. The smallest absolute Gasteiger partial charge is 0.343 e. The van der Waals surface area contributed by atoms with Crippen LogP contribution in [0.25, 0.3) is 0 Å². The van der Waals surface area contributed by atoms with Gasteiger partial charge in [0.25, 0.3) is 0 Å². The van der Waals surface area contributed by atoms with Crippen molar-refractivity contribution < 1.29 is 33.7 Å². The highest BCUT2D eigenvalue weighted by Gasteiger charge is 2.20. The van der Waals surface area contributed by atoms with Gasteiger partial charge in [-0.25, -0.2) is 4.79 Å². The van der Waals surface area contributed by atoms with Crippen LogP contribution >= 0.6 is 11.6 Å². The quantitative estimate of drug-likeness (QED) is 0.193. The molecule has 0 saturated carbocycles. The molecule has 3 rings (SSSR count). The highest BCUT2D eigenvalue weighted by molar-refractivity contribution is 6.31. The van der Waals surface area contributed by atoms with Crippen molar-refractivity contribution in [1.29, 1.82) is 0 Å². The Morgan fingerprint density at radius 1 is 1.00 bits per heavy atom. The summed E-state index contributed by atoms with van der Waals surface area (Å²) >= 11 is 6.21. The molecule has 3 aromatic carbocycles. The molecule has 0 aliphatic carbocycles. The number of aliphatic imine (C=N–C) groups is 1. The molecule has 204 valence electrons. The van der Waals surface area contributed by atoms with E-state index in [1.165, 1.54) is 25.5 Å². The van der Waals surface area contributed by atoms with E-state index < -0.39 is 12.0 Å². The minimum atomic E-state index is -0.842. The van der Waals surface area contributed by atoms with Crippen LogP contribution in [0.1, 0.15) is 40.9 Å². The van der Waals surface area contributed by atoms with Gasteiger partial charge < -0.3 is 19.3 Å². The second-order valence-electron chi connectivity index (χ2n) is 9.21. The Bertz CT molecular complexity index is 1350. The third-order valence-electron chi connectivity index (χ3n) is 5.65. The zero-order chi connectivity index (χ0) is 28.5. The van der Waals surface area contributed by atoms with Gasteiger partial charge in [-0.3, -0.25) is 14.6 Å². The zero-order valence-electron chi connectivity index (χ0n) is 22.1. The van der Waals surface area contributed by atoms with Crippen LogP contribution in [0.15, 0.2) is 65.7 Å². The molecule has 0 aliphatic rings. The Hall–Kier alpha value is -4.01. The summed E-state index contributed by atoms with van der Waals surface area (Å²) in [5, 5.41) is 11.0. The Morgan fingerprint density at radius 2 is 1.67 bits per heavy atom. The zero-order valence-corrected chi connectivity index (χ0v) is 22.9. The van der Waals surface area contributed by atoms with Gasteiger partial charge in [0.1, 0.15) is 18.4 Å². The van der Waals surface area contributed by atoms with Crippen molar-refractivity contribution in [3.8, 4) is 17.2 Å². The van der Waals surface area contributed by atoms with E-state index in [2.05, 4.69) is 4.99 Å². The summed E-state index contributed by atoms with van der Waals surface area (Å²) < 4.78 is 15.7. The van der Waals surface area contributed by atoms with E-state index in [1.54, 1.807) is 62.4 Å². The summed E-state index contributed by atoms with van der Waals surface area (Å²) in [5.41, 5.74) is 2.23. The molecule has 0 radical (unpaired) electrons. The van der Waals surface area contributed by atoms with Crippen molar-refractivity contribution in [2.24, 2.45) is 10.9 Å². The molecule has 0 aromatic heterocycles. The maximum atomic E-state index is 12.7. The number of rotatable bonds is 11. The Labute approximate surface area is 232 Å². The van der Waals surface area contributed by atoms with Gasteiger partial charge in [0.05, 0.1) is 11.5 Å². The summed E-state index contributed by atoms with van der Waals surface area (Å²) in [7, 11) is 1.41. The predicted octanol–water partition coefficient (Wildman–Crippen LogP) is 5.38. The number of methoxy groups -OCH3 is 1. The number of Topliss-reactive ketones (excluding diaryl/α,β-unsaturated/α-hetero) is 1. The van der Waals surface area contributed by atoms with Crippen molar-refractivity contribution in [3.63, 3.8) is 0 Å². The molecule has 0 bridgehead atoms. The van der Waals surface area contributed by atoms with Crippen LogP contribution < -0.4 is 9.47 Å². The van der Waals surface area contributed by atoms with Gasteiger partial charge in [-0.05, 0) is 42.8 Å². The van der Waals surface area contributed by atoms with Crippen molar-refractivity contribution in [1.82, 2.24) is 0 Å². The first-order valence-corrected chi connectivity index (χ1v) is 12.6. The Balaban J connectivity index is 1.80. The fraction of sp³-hybridized carbons (Fsp3) is 0.267. The number of ketones is 1. The lowest BCUT2D eigenvalue weighted by molar-refractivity contribution is -0.137. The van der Waals surface area contributed by atoms with E-state index in [-0.39, 0.29) is 52.8 Å². The normalized spacial score (nSPS) is 11.9. The molecule has 0 spiro atoms. The number of ether oxygens (including phenoxy) is 3. The second kappa shape index (κ2) is 13.7. The molecule has 8 nitrogen and oxygen atoms in total. The summed E-state index contributed by atoms with van der Waals surface area (Å²) in [4.78, 5) is 41.5. The van der Waals surface area contributed by atoms with Gasteiger partial charge in [0.2, 0.25) is 0 Å². The molecule has 1 N–H and O–H groups in total. The molecule has 0 aliphatic heterocycles. The number of aromatic hydroxyl groups is 1. The number of esters is 2. The fourth-order valence-electron chi connectivity index (χ4n) is 3.43. The van der Waals surface area contributed by atoms with E-state index >= 15 is 0 Å². The molecule has 0 amide bonds. The maximum Gasteiger partial charge on any atom is 0.343 e. The first kappa shape index (κ1) is 29.5. The van der Waals surface area contributed by atoms with Gasteiger partial charge in [-0.2, -0.15) is 0 Å². The van der Waals surface area contributed by atoms with Gasteiger partial charge in [0, 0.05) is 36.4 Å². The van der Waals surface area contributed by atoms with Crippen LogP contribution in [-0.2, 0) is 20.7 Å². The number of hydrogen-bond acceptors (Lipinski definition) is 8. The molecular formula is C30H30ClNO7. The standard InChI is InChI=1S/C30H30ClNO7/c1-18(2)29(35)38-24-11-7-20(8-12-24)13-25(26(33)17-37-4)32-16-22-14-23(31)15-27(28(22)34)39-30(36)21-9-5-19(3)6-10-21/h5-12,14-16,18,25,34H,13,17H2,1-4H3. The number of carbonyl (C=O) groups is 3. The number of phenols is 1. The first-order valence-electron chi connectivity index (χ1n) is 12.2. The van der Waals surface area contributed by atoms with Crippen molar-refractivity contribution >= 4 is 35.5 Å². The highest BCUT2D eigenvalue weighted by Crippen LogP contribution is 2.33. The minimum absolute atomic E-state index is 0.138. The van der Waals surface area contributed by atoms with Crippen LogP contribution in [0, 0.1) is 12.8 Å². The highest BCUT2D eigenvalue weighted by atomic mass is 35.5. The lowest BCUT2D eigenvalue weighted by Crippen LogP contribution is -2.25. The van der Waals surface area contributed by atoms with Crippen LogP contribution in [0.3, 0.4) is 0 Å². The van der Waals surface area contributed by atoms with Gasteiger partial charge in [0.15, 0.2) is 17.3 Å². The largest absolute Gasteiger partial charge is 0.504 e. The van der Waals surface area contributed by atoms with E-state index in [0.29, 0.717) is 11.3 Å². The summed E-state index contributed by atoms with van der Waals surface area (Å²) in [5.74, 6) is -1.63. The number of benzene rings is 3. The van der Waals surface area contributed by atoms with Gasteiger partial charge in [-0.15, -0.1) is 0 Å². The summed E-state index contributed by atoms with van der Waals surface area (Å²) in [6.07, 6.45) is 1.54. The minimum Gasteiger partial charge on any atom is -0.504 e. The van der Waals surface area contributed by atoms with E-state index in [1.807, 2.05) is 6.92 Å². The van der Waals surface area contributed by atoms with E-state index in [0.717, 1.165) is 11.1 Å². The number of hydrogen-bond donors (Lipinski definition) is 1. The summed E-state index contributed by atoms with van der Waals surface area (Å²) in [6, 6.07) is 15.5. The average Bonchev–Trinajstić information content (AvgIpc) is 2.90. The van der Waals surface area contributed by atoms with Crippen LogP contribution in [-0.4, -0.2) is 48.8 Å². The third-order valence-corrected chi connectivity index (χ3v) is 5.87. The topological polar surface area (TPSA) is 111 Å². The second-order valence-corrected chi connectivity index (χ2v) is 9.65. The SMILES string of the molecule is COCC(=O)C(Cc1ccc(OC(=O)C(C)C)cc1)N=Cc1cc(Cl)cc(OC(=O)c2ccc(C)cc2)c1O. The van der Waals surface area contributed by atoms with Crippen LogP contribution in [0.4, 0.5) is 0 Å². The molecule has 39 heavy (non-hydrogen) atoms.